The largest absolute Gasteiger partial charge is 0.493 e. The summed E-state index contributed by atoms with van der Waals surface area (Å²) in [5.41, 5.74) is -0.556. The summed E-state index contributed by atoms with van der Waals surface area (Å²) in [6.07, 6.45) is -7.84. The van der Waals surface area contributed by atoms with E-state index in [1.807, 2.05) is 6.92 Å². The molecule has 222 valence electrons. The summed E-state index contributed by atoms with van der Waals surface area (Å²) >= 11 is 0. The van der Waals surface area contributed by atoms with Crippen molar-refractivity contribution in [3.05, 3.63) is 29.6 Å². The van der Waals surface area contributed by atoms with E-state index < -0.39 is 73.3 Å². The molecule has 1 heterocycles. The van der Waals surface area contributed by atoms with Crippen molar-refractivity contribution in [2.45, 2.75) is 96.7 Å². The summed E-state index contributed by atoms with van der Waals surface area (Å²) in [6.45, 7) is 7.70. The lowest BCUT2D eigenvalue weighted by Crippen LogP contribution is -2.66. The number of ether oxygens (including phenoxy) is 4. The maximum atomic E-state index is 14.3. The predicted molar refractivity (Wildman–Crippen MR) is 133 cm³/mol. The molecule has 0 radical (unpaired) electrons. The van der Waals surface area contributed by atoms with Crippen LogP contribution in [0.4, 0.5) is 22.4 Å². The zero-order valence-electron chi connectivity index (χ0n) is 23.0. The Bertz CT molecular complexity index is 971. The molecular formula is C26H38F4N2O7. The second-order valence-electron chi connectivity index (χ2n) is 10.5. The maximum absolute atomic E-state index is 14.3. The maximum Gasteiger partial charge on any atom is 0.411 e. The molecular weight excluding hydrogens is 528 g/mol. The topological polar surface area (TPSA) is 107 Å². The Balaban J connectivity index is 2.37. The van der Waals surface area contributed by atoms with Crippen LogP contribution < -0.4 is 10.1 Å². The number of carbonyl (C=O) groups is 2. The molecule has 13 heteroatoms. The van der Waals surface area contributed by atoms with Crippen molar-refractivity contribution in [1.29, 1.82) is 0 Å². The molecule has 9 nitrogen and oxygen atoms in total. The van der Waals surface area contributed by atoms with Gasteiger partial charge in [0.05, 0.1) is 37.4 Å². The molecule has 2 N–H and O–H groups in total. The minimum atomic E-state index is -4.63. The van der Waals surface area contributed by atoms with E-state index in [4.69, 9.17) is 18.9 Å². The van der Waals surface area contributed by atoms with Gasteiger partial charge in [0.2, 0.25) is 5.91 Å². The number of amides is 2. The van der Waals surface area contributed by atoms with E-state index in [0.29, 0.717) is 18.6 Å². The number of aliphatic hydroxyl groups is 1. The molecule has 2 rings (SSSR count). The van der Waals surface area contributed by atoms with Crippen molar-refractivity contribution >= 4 is 12.0 Å². The molecule has 1 aromatic carbocycles. The Morgan fingerprint density at radius 2 is 1.90 bits per heavy atom. The summed E-state index contributed by atoms with van der Waals surface area (Å²) < 4.78 is 74.0. The normalized spacial score (nSPS) is 21.7. The van der Waals surface area contributed by atoms with Crippen LogP contribution >= 0.6 is 0 Å². The first-order valence-electron chi connectivity index (χ1n) is 12.7. The number of benzene rings is 1. The van der Waals surface area contributed by atoms with E-state index in [0.717, 1.165) is 4.90 Å². The lowest BCUT2D eigenvalue weighted by Gasteiger charge is -2.47. The SMILES string of the molecule is CCCOc1cc(F)cc(C[C@H](NC(C)=O)[C@H](O)[C@H]2CO[C@@H](OCC(F)(F)F)[C@H](C)N2C(=O)OC(C)(C)C)c1. The number of aliphatic hydroxyl groups excluding tert-OH is 1. The van der Waals surface area contributed by atoms with Gasteiger partial charge in [-0.2, -0.15) is 13.2 Å². The Hall–Kier alpha value is -2.64. The molecule has 0 aliphatic carbocycles. The molecule has 0 bridgehead atoms. The summed E-state index contributed by atoms with van der Waals surface area (Å²) in [4.78, 5) is 26.3. The molecule has 1 aromatic rings. The number of carbonyl (C=O) groups excluding carboxylic acids is 2. The molecule has 0 unspecified atom stereocenters. The molecule has 1 fully saturated rings. The van der Waals surface area contributed by atoms with Gasteiger partial charge in [0.25, 0.3) is 0 Å². The van der Waals surface area contributed by atoms with E-state index in [-0.39, 0.29) is 12.2 Å². The average molecular weight is 567 g/mol. The minimum absolute atomic E-state index is 0.0535. The fraction of sp³-hybridized carbons (Fsp3) is 0.692. The number of halogens is 4. The monoisotopic (exact) mass is 566 g/mol. The highest BCUT2D eigenvalue weighted by atomic mass is 19.4. The molecule has 5 atom stereocenters. The van der Waals surface area contributed by atoms with E-state index in [9.17, 15) is 32.3 Å². The number of morpholine rings is 1. The minimum Gasteiger partial charge on any atom is -0.493 e. The molecule has 0 aromatic heterocycles. The highest BCUT2D eigenvalue weighted by Gasteiger charge is 2.46. The number of nitrogens with zero attached hydrogens (tertiary/aromatic N) is 1. The van der Waals surface area contributed by atoms with Crippen LogP contribution in [0.15, 0.2) is 18.2 Å². The Labute approximate surface area is 225 Å². The Morgan fingerprint density at radius 1 is 1.23 bits per heavy atom. The van der Waals surface area contributed by atoms with Crippen LogP contribution in [0.5, 0.6) is 5.75 Å². The van der Waals surface area contributed by atoms with E-state index in [1.54, 1.807) is 26.8 Å². The molecule has 0 spiro atoms. The first-order chi connectivity index (χ1) is 18.0. The van der Waals surface area contributed by atoms with Crippen molar-refractivity contribution in [2.75, 3.05) is 19.8 Å². The highest BCUT2D eigenvalue weighted by molar-refractivity contribution is 5.73. The third-order valence-corrected chi connectivity index (χ3v) is 5.69. The van der Waals surface area contributed by atoms with Crippen molar-refractivity contribution in [3.63, 3.8) is 0 Å². The van der Waals surface area contributed by atoms with Crippen LogP contribution in [-0.4, -0.2) is 84.1 Å². The number of hydrogen-bond acceptors (Lipinski definition) is 7. The van der Waals surface area contributed by atoms with Gasteiger partial charge >= 0.3 is 12.3 Å². The molecule has 0 saturated carbocycles. The first kappa shape index (κ1) is 32.6. The third-order valence-electron chi connectivity index (χ3n) is 5.69. The van der Waals surface area contributed by atoms with Crippen LogP contribution in [0.25, 0.3) is 0 Å². The van der Waals surface area contributed by atoms with Gasteiger partial charge in [-0.15, -0.1) is 0 Å². The number of hydrogen-bond donors (Lipinski definition) is 2. The fourth-order valence-corrected chi connectivity index (χ4v) is 4.17. The fourth-order valence-electron chi connectivity index (χ4n) is 4.17. The van der Waals surface area contributed by atoms with Gasteiger partial charge in [0.1, 0.15) is 23.8 Å². The van der Waals surface area contributed by atoms with Gasteiger partial charge in [0, 0.05) is 13.0 Å². The lowest BCUT2D eigenvalue weighted by molar-refractivity contribution is -0.266. The zero-order chi connectivity index (χ0) is 29.5. The zero-order valence-corrected chi connectivity index (χ0v) is 23.0. The molecule has 2 amide bonds. The molecule has 1 aliphatic heterocycles. The summed E-state index contributed by atoms with van der Waals surface area (Å²) in [5, 5.41) is 14.0. The van der Waals surface area contributed by atoms with Crippen molar-refractivity contribution in [2.24, 2.45) is 0 Å². The number of alkyl halides is 3. The van der Waals surface area contributed by atoms with Gasteiger partial charge in [-0.3, -0.25) is 9.69 Å². The van der Waals surface area contributed by atoms with Crippen LogP contribution in [0.2, 0.25) is 0 Å². The lowest BCUT2D eigenvalue weighted by atomic mass is 9.94. The summed E-state index contributed by atoms with van der Waals surface area (Å²) in [7, 11) is 0. The second-order valence-corrected chi connectivity index (χ2v) is 10.5. The Morgan fingerprint density at radius 3 is 2.46 bits per heavy atom. The van der Waals surface area contributed by atoms with Gasteiger partial charge in [0.15, 0.2) is 6.29 Å². The first-order valence-corrected chi connectivity index (χ1v) is 12.7. The van der Waals surface area contributed by atoms with E-state index in [2.05, 4.69) is 5.32 Å². The van der Waals surface area contributed by atoms with Crippen LogP contribution in [0.3, 0.4) is 0 Å². The van der Waals surface area contributed by atoms with Crippen molar-refractivity contribution in [3.8, 4) is 5.75 Å². The molecule has 1 saturated heterocycles. The van der Waals surface area contributed by atoms with Gasteiger partial charge < -0.3 is 29.4 Å². The number of nitrogens with one attached hydrogen (secondary N) is 1. The molecule has 39 heavy (non-hydrogen) atoms. The van der Waals surface area contributed by atoms with Gasteiger partial charge in [-0.1, -0.05) is 6.92 Å². The number of rotatable bonds is 10. The van der Waals surface area contributed by atoms with Gasteiger partial charge in [-0.05, 0) is 58.2 Å². The Kier molecular flexibility index (Phi) is 11.4. The quantitative estimate of drug-likeness (QED) is 0.413. The summed E-state index contributed by atoms with van der Waals surface area (Å²) in [5.74, 6) is -0.806. The van der Waals surface area contributed by atoms with E-state index in [1.165, 1.54) is 26.0 Å². The van der Waals surface area contributed by atoms with E-state index >= 15 is 0 Å². The van der Waals surface area contributed by atoms with Crippen LogP contribution in [0.1, 0.15) is 53.5 Å². The second kappa shape index (κ2) is 13.6. The van der Waals surface area contributed by atoms with Crippen LogP contribution in [-0.2, 0) is 25.4 Å². The third kappa shape index (κ3) is 10.5. The van der Waals surface area contributed by atoms with Crippen LogP contribution in [0, 0.1) is 5.82 Å². The van der Waals surface area contributed by atoms with Crippen molar-refractivity contribution < 1.29 is 51.2 Å². The predicted octanol–water partition coefficient (Wildman–Crippen LogP) is 3.95. The van der Waals surface area contributed by atoms with Gasteiger partial charge in [-0.25, -0.2) is 9.18 Å². The standard InChI is InChI=1S/C26H38F4N2O7/c1-7-8-36-19-10-17(9-18(27)12-19)11-20(31-16(3)33)22(34)21-13-37-23(38-14-26(28,29)30)15(2)32(21)24(35)39-25(4,5)6/h9-10,12,15,20-23,34H,7-8,11,13-14H2,1-6H3,(H,31,33)/t15-,20-,21+,22-,23-/m0/s1. The average Bonchev–Trinajstić information content (AvgIpc) is 2.78. The van der Waals surface area contributed by atoms with Crippen molar-refractivity contribution in [1.82, 2.24) is 10.2 Å². The smallest absolute Gasteiger partial charge is 0.411 e. The molecule has 1 aliphatic rings. The summed E-state index contributed by atoms with van der Waals surface area (Å²) in [6, 6.07) is 0.727. The highest BCUT2D eigenvalue weighted by Crippen LogP contribution is 2.28.